The van der Waals surface area contributed by atoms with E-state index >= 15 is 0 Å². The fourth-order valence-electron chi connectivity index (χ4n) is 4.68. The summed E-state index contributed by atoms with van der Waals surface area (Å²) < 4.78 is 2.41. The van der Waals surface area contributed by atoms with Crippen molar-refractivity contribution in [2.24, 2.45) is 0 Å². The van der Waals surface area contributed by atoms with E-state index in [1.54, 1.807) is 0 Å². The van der Waals surface area contributed by atoms with Crippen molar-refractivity contribution < 1.29 is 4.57 Å². The molecule has 0 saturated heterocycles. The van der Waals surface area contributed by atoms with Crippen LogP contribution in [0.25, 0.3) is 22.4 Å². The second kappa shape index (κ2) is 11.5. The number of pyridine rings is 1. The molecule has 0 saturated carbocycles. The van der Waals surface area contributed by atoms with Crippen LogP contribution in [0.1, 0.15) is 48.4 Å². The van der Waals surface area contributed by atoms with Gasteiger partial charge >= 0.3 is 0 Å². The van der Waals surface area contributed by atoms with Gasteiger partial charge in [0.15, 0.2) is 12.2 Å². The number of benzene rings is 3. The van der Waals surface area contributed by atoms with Gasteiger partial charge in [-0.3, -0.25) is 0 Å². The van der Waals surface area contributed by atoms with Gasteiger partial charge in [-0.2, -0.15) is 4.57 Å². The lowest BCUT2D eigenvalue weighted by Crippen LogP contribution is -2.39. The molecule has 2 atom stereocenters. The summed E-state index contributed by atoms with van der Waals surface area (Å²) in [6, 6.07) is 32.2. The minimum Gasteiger partial charge on any atom is -0.192 e. The maximum atomic E-state index is 5.84. The molecule has 0 N–H and O–H groups in total. The summed E-state index contributed by atoms with van der Waals surface area (Å²) in [5, 5.41) is 0. The van der Waals surface area contributed by atoms with Gasteiger partial charge in [-0.05, 0) is 61.1 Å². The summed E-state index contributed by atoms with van der Waals surface area (Å²) in [5.41, 5.74) is 8.80. The lowest BCUT2D eigenvalue weighted by atomic mass is 9.95. The molecule has 0 aliphatic carbocycles. The predicted molar refractivity (Wildman–Crippen MR) is 148 cm³/mol. The molecule has 0 fully saturated rings. The Kier molecular flexibility index (Phi) is 7.96. The molecule has 35 heavy (non-hydrogen) atoms. The topological polar surface area (TPSA) is 3.88 Å². The Bertz CT molecular complexity index is 1330. The third kappa shape index (κ3) is 5.79. The zero-order valence-corrected chi connectivity index (χ0v) is 21.0. The van der Waals surface area contributed by atoms with Crippen LogP contribution in [0.3, 0.4) is 0 Å². The third-order valence-electron chi connectivity index (χ3n) is 6.71. The highest BCUT2D eigenvalue weighted by Gasteiger charge is 2.22. The van der Waals surface area contributed by atoms with Gasteiger partial charge < -0.3 is 0 Å². The van der Waals surface area contributed by atoms with E-state index in [2.05, 4.69) is 135 Å². The fraction of sp³-hybridized carbons (Fsp3) is 0.206. The SMILES string of the molecule is C#CC(CC/C=C\C(C)[n+]1cc(-c2ccccc2)c(C)cc1-c1ccccc1C)c1ccccc1. The number of aromatic nitrogens is 1. The molecule has 0 bridgehead atoms. The Morgan fingerprint density at radius 2 is 1.49 bits per heavy atom. The second-order valence-electron chi connectivity index (χ2n) is 9.22. The molecule has 0 radical (unpaired) electrons. The van der Waals surface area contributed by atoms with Gasteiger partial charge in [0.05, 0.1) is 0 Å². The van der Waals surface area contributed by atoms with Gasteiger partial charge in [0, 0.05) is 30.0 Å². The molecular weight excluding hydrogens is 422 g/mol. The summed E-state index contributed by atoms with van der Waals surface area (Å²) >= 11 is 0. The number of rotatable bonds is 8. The molecule has 4 aromatic rings. The molecule has 1 aromatic heterocycles. The third-order valence-corrected chi connectivity index (χ3v) is 6.71. The number of aryl methyl sites for hydroxylation is 2. The Labute approximate surface area is 210 Å². The van der Waals surface area contributed by atoms with Gasteiger partial charge in [-0.15, -0.1) is 6.42 Å². The Morgan fingerprint density at radius 1 is 0.829 bits per heavy atom. The van der Waals surface area contributed by atoms with Crippen LogP contribution in [-0.4, -0.2) is 0 Å². The molecule has 0 amide bonds. The van der Waals surface area contributed by atoms with E-state index in [-0.39, 0.29) is 12.0 Å². The minimum atomic E-state index is 0.149. The highest BCUT2D eigenvalue weighted by Crippen LogP contribution is 2.28. The molecule has 0 spiro atoms. The van der Waals surface area contributed by atoms with Gasteiger partial charge in [0.25, 0.3) is 0 Å². The number of nitrogens with zero attached hydrogens (tertiary/aromatic N) is 1. The normalized spacial score (nSPS) is 12.9. The minimum absolute atomic E-state index is 0.149. The first kappa shape index (κ1) is 24.2. The molecule has 174 valence electrons. The molecule has 0 aliphatic heterocycles. The first-order chi connectivity index (χ1) is 17.1. The van der Waals surface area contributed by atoms with Crippen LogP contribution < -0.4 is 4.57 Å². The van der Waals surface area contributed by atoms with Crippen LogP contribution >= 0.6 is 0 Å². The molecular formula is C34H34N+. The molecule has 0 aliphatic rings. The monoisotopic (exact) mass is 456 g/mol. The first-order valence-corrected chi connectivity index (χ1v) is 12.4. The van der Waals surface area contributed by atoms with Crippen molar-refractivity contribution >= 4 is 0 Å². The quantitative estimate of drug-likeness (QED) is 0.143. The van der Waals surface area contributed by atoms with E-state index in [1.807, 2.05) is 6.07 Å². The van der Waals surface area contributed by atoms with Crippen molar-refractivity contribution in [3.05, 3.63) is 126 Å². The molecule has 1 heterocycles. The average Bonchev–Trinajstić information content (AvgIpc) is 2.90. The second-order valence-corrected chi connectivity index (χ2v) is 9.22. The summed E-state index contributed by atoms with van der Waals surface area (Å²) in [4.78, 5) is 0. The summed E-state index contributed by atoms with van der Waals surface area (Å²) in [6.45, 7) is 6.65. The van der Waals surface area contributed by atoms with E-state index in [9.17, 15) is 0 Å². The van der Waals surface area contributed by atoms with Crippen molar-refractivity contribution in [1.29, 1.82) is 0 Å². The van der Waals surface area contributed by atoms with Gasteiger partial charge in [0.2, 0.25) is 5.69 Å². The van der Waals surface area contributed by atoms with Crippen LogP contribution in [0.4, 0.5) is 0 Å². The molecule has 4 rings (SSSR count). The maximum Gasteiger partial charge on any atom is 0.213 e. The van der Waals surface area contributed by atoms with E-state index < -0.39 is 0 Å². The zero-order chi connectivity index (χ0) is 24.6. The van der Waals surface area contributed by atoms with Crippen LogP contribution in [0.5, 0.6) is 0 Å². The average molecular weight is 457 g/mol. The fourth-order valence-corrected chi connectivity index (χ4v) is 4.68. The summed E-state index contributed by atoms with van der Waals surface area (Å²) in [5.74, 6) is 3.12. The summed E-state index contributed by atoms with van der Waals surface area (Å²) in [6.07, 6.45) is 14.7. The van der Waals surface area contributed by atoms with Crippen molar-refractivity contribution in [2.75, 3.05) is 0 Å². The van der Waals surface area contributed by atoms with Crippen LogP contribution in [-0.2, 0) is 0 Å². The van der Waals surface area contributed by atoms with Crippen LogP contribution in [0, 0.1) is 26.2 Å². The molecule has 1 heteroatoms. The van der Waals surface area contributed by atoms with E-state index in [4.69, 9.17) is 6.42 Å². The number of hydrogen-bond acceptors (Lipinski definition) is 0. The smallest absolute Gasteiger partial charge is 0.192 e. The van der Waals surface area contributed by atoms with E-state index in [0.717, 1.165) is 12.8 Å². The number of terminal acetylenes is 1. The summed E-state index contributed by atoms with van der Waals surface area (Å²) in [7, 11) is 0. The number of hydrogen-bond donors (Lipinski definition) is 0. The van der Waals surface area contributed by atoms with Crippen molar-refractivity contribution in [3.8, 4) is 34.7 Å². The zero-order valence-electron chi connectivity index (χ0n) is 21.0. The lowest BCUT2D eigenvalue weighted by molar-refractivity contribution is -0.698. The molecule has 2 unspecified atom stereocenters. The lowest BCUT2D eigenvalue weighted by Gasteiger charge is -2.14. The van der Waals surface area contributed by atoms with Crippen LogP contribution in [0.2, 0.25) is 0 Å². The maximum absolute atomic E-state index is 5.84. The predicted octanol–water partition coefficient (Wildman–Crippen LogP) is 8.24. The number of allylic oxidation sites excluding steroid dienone is 2. The Hall–Kier alpha value is -3.89. The largest absolute Gasteiger partial charge is 0.213 e. The van der Waals surface area contributed by atoms with E-state index in [1.165, 1.54) is 39.1 Å². The van der Waals surface area contributed by atoms with Gasteiger partial charge in [-0.25, -0.2) is 0 Å². The highest BCUT2D eigenvalue weighted by atomic mass is 15.0. The van der Waals surface area contributed by atoms with Crippen molar-refractivity contribution in [2.45, 2.75) is 45.6 Å². The van der Waals surface area contributed by atoms with Gasteiger partial charge in [0.1, 0.15) is 0 Å². The van der Waals surface area contributed by atoms with Crippen molar-refractivity contribution in [3.63, 3.8) is 0 Å². The van der Waals surface area contributed by atoms with Crippen LogP contribution in [0.15, 0.2) is 109 Å². The molecule has 1 nitrogen and oxygen atoms in total. The highest BCUT2D eigenvalue weighted by molar-refractivity contribution is 5.69. The van der Waals surface area contributed by atoms with E-state index in [0.29, 0.717) is 0 Å². The standard InChI is InChI=1S/C34H34N/c1-5-29(30-19-8-6-9-20-30)18-14-13-17-28(4)35-25-33(31-21-10-7-11-22-31)27(3)24-34(35)32-23-15-12-16-26(32)2/h1,6-13,15-17,19-25,28-29H,14,18H2,2-4H3/q+1/b17-13-. The Morgan fingerprint density at radius 3 is 2.17 bits per heavy atom. The van der Waals surface area contributed by atoms with Gasteiger partial charge in [-0.1, -0.05) is 90.9 Å². The Balaban J connectivity index is 1.63. The van der Waals surface area contributed by atoms with Crippen molar-refractivity contribution in [1.82, 2.24) is 0 Å². The molecule has 3 aromatic carbocycles. The first-order valence-electron chi connectivity index (χ1n) is 12.4.